The molecule has 0 heterocycles. The number of sulfonamides is 1. The van der Waals surface area contributed by atoms with Crippen LogP contribution in [0.5, 0.6) is 0 Å². The van der Waals surface area contributed by atoms with Gasteiger partial charge in [-0.15, -0.1) is 0 Å². The zero-order valence-electron chi connectivity index (χ0n) is 11.0. The van der Waals surface area contributed by atoms with E-state index in [0.717, 1.165) is 18.6 Å². The summed E-state index contributed by atoms with van der Waals surface area (Å²) < 4.78 is 41.9. The van der Waals surface area contributed by atoms with Gasteiger partial charge in [0.05, 0.1) is 11.7 Å². The third kappa shape index (κ3) is 4.26. The molecule has 0 radical (unpaired) electrons. The monoisotopic (exact) mass is 367 g/mol. The zero-order chi connectivity index (χ0) is 15.5. The molecule has 0 fully saturated rings. The lowest BCUT2D eigenvalue weighted by atomic mass is 10.2. The quantitative estimate of drug-likeness (QED) is 0.810. The highest BCUT2D eigenvalue weighted by molar-refractivity contribution is 9.10. The molecule has 0 aliphatic carbocycles. The summed E-state index contributed by atoms with van der Waals surface area (Å²) in [5.74, 6) is -2.13. The van der Waals surface area contributed by atoms with Gasteiger partial charge in [0.2, 0.25) is 10.0 Å². The van der Waals surface area contributed by atoms with E-state index >= 15 is 0 Å². The van der Waals surface area contributed by atoms with Gasteiger partial charge in [0.1, 0.15) is 4.90 Å². The summed E-state index contributed by atoms with van der Waals surface area (Å²) in [6.45, 7) is 3.60. The van der Waals surface area contributed by atoms with E-state index < -0.39 is 32.3 Å². The largest absolute Gasteiger partial charge is 0.459 e. The average Bonchev–Trinajstić information content (AvgIpc) is 2.30. The molecule has 8 heteroatoms. The van der Waals surface area contributed by atoms with Crippen LogP contribution in [0.2, 0.25) is 0 Å². The van der Waals surface area contributed by atoms with Crippen molar-refractivity contribution in [3.05, 3.63) is 28.0 Å². The van der Waals surface area contributed by atoms with Crippen molar-refractivity contribution in [3.63, 3.8) is 0 Å². The number of hydrogen-bond acceptors (Lipinski definition) is 4. The first-order chi connectivity index (χ1) is 9.16. The Morgan fingerprint density at radius 1 is 1.50 bits per heavy atom. The molecule has 112 valence electrons. The fourth-order valence-electron chi connectivity index (χ4n) is 1.63. The Hall–Kier alpha value is -0.990. The molecule has 5 nitrogen and oxygen atoms in total. The van der Waals surface area contributed by atoms with Crippen molar-refractivity contribution >= 4 is 31.9 Å². The summed E-state index contributed by atoms with van der Waals surface area (Å²) >= 11 is 3.01. The van der Waals surface area contributed by atoms with E-state index in [2.05, 4.69) is 15.9 Å². The lowest BCUT2D eigenvalue weighted by Gasteiger charge is -2.13. The van der Waals surface area contributed by atoms with Gasteiger partial charge in [-0.05, 0) is 25.5 Å². The molecule has 1 rings (SSSR count). The number of rotatable bonds is 5. The fraction of sp³-hybridized carbons (Fsp3) is 0.417. The van der Waals surface area contributed by atoms with E-state index in [-0.39, 0.29) is 10.6 Å². The number of primary sulfonamides is 1. The third-order valence-electron chi connectivity index (χ3n) is 2.53. The molecule has 1 aromatic carbocycles. The topological polar surface area (TPSA) is 86.5 Å². The highest BCUT2D eigenvalue weighted by Gasteiger charge is 2.24. The van der Waals surface area contributed by atoms with Gasteiger partial charge in [-0.3, -0.25) is 0 Å². The Bertz CT molecular complexity index is 618. The van der Waals surface area contributed by atoms with Crippen molar-refractivity contribution in [1.82, 2.24) is 0 Å². The van der Waals surface area contributed by atoms with Crippen LogP contribution in [-0.2, 0) is 14.8 Å². The second-order valence-corrected chi connectivity index (χ2v) is 6.76. The van der Waals surface area contributed by atoms with Gasteiger partial charge in [-0.2, -0.15) is 0 Å². The number of carbonyl (C=O) groups excluding carboxylic acids is 1. The first kappa shape index (κ1) is 17.1. The molecule has 0 aliphatic heterocycles. The van der Waals surface area contributed by atoms with E-state index in [4.69, 9.17) is 9.88 Å². The summed E-state index contributed by atoms with van der Waals surface area (Å²) in [5.41, 5.74) is -0.466. The van der Waals surface area contributed by atoms with Gasteiger partial charge in [0.25, 0.3) is 0 Å². The van der Waals surface area contributed by atoms with E-state index in [0.29, 0.717) is 6.42 Å². The molecule has 0 bridgehead atoms. The van der Waals surface area contributed by atoms with E-state index in [9.17, 15) is 17.6 Å². The molecule has 0 saturated carbocycles. The maximum absolute atomic E-state index is 14.1. The lowest BCUT2D eigenvalue weighted by molar-refractivity contribution is 0.0317. The van der Waals surface area contributed by atoms with Crippen LogP contribution in [0.4, 0.5) is 4.39 Å². The average molecular weight is 368 g/mol. The van der Waals surface area contributed by atoms with Gasteiger partial charge in [0.15, 0.2) is 5.82 Å². The van der Waals surface area contributed by atoms with E-state index in [1.54, 1.807) is 6.92 Å². The highest BCUT2D eigenvalue weighted by Crippen LogP contribution is 2.24. The van der Waals surface area contributed by atoms with Crippen molar-refractivity contribution in [1.29, 1.82) is 0 Å². The van der Waals surface area contributed by atoms with Gasteiger partial charge >= 0.3 is 5.97 Å². The van der Waals surface area contributed by atoms with Gasteiger partial charge < -0.3 is 4.74 Å². The third-order valence-corrected chi connectivity index (χ3v) is 3.90. The number of carbonyl (C=O) groups is 1. The molecule has 1 aromatic rings. The van der Waals surface area contributed by atoms with Crippen molar-refractivity contribution in [3.8, 4) is 0 Å². The molecule has 20 heavy (non-hydrogen) atoms. The summed E-state index contributed by atoms with van der Waals surface area (Å²) in [5, 5.41) is 4.90. The zero-order valence-corrected chi connectivity index (χ0v) is 13.4. The minimum Gasteiger partial charge on any atom is -0.459 e. The van der Waals surface area contributed by atoms with Crippen LogP contribution in [0.25, 0.3) is 0 Å². The van der Waals surface area contributed by atoms with Gasteiger partial charge in [-0.1, -0.05) is 29.3 Å². The summed E-state index contributed by atoms with van der Waals surface area (Å²) in [6.07, 6.45) is 1.05. The van der Waals surface area contributed by atoms with Crippen molar-refractivity contribution < 1.29 is 22.3 Å². The molecule has 0 aliphatic rings. The molecule has 0 amide bonds. The summed E-state index contributed by atoms with van der Waals surface area (Å²) in [6, 6.07) is 2.15. The Labute approximate surface area is 125 Å². The molecular weight excluding hydrogens is 353 g/mol. The number of benzene rings is 1. The Morgan fingerprint density at radius 3 is 2.60 bits per heavy atom. The first-order valence-electron chi connectivity index (χ1n) is 5.89. The van der Waals surface area contributed by atoms with Gasteiger partial charge in [0, 0.05) is 4.47 Å². The van der Waals surface area contributed by atoms with Crippen LogP contribution >= 0.6 is 15.9 Å². The van der Waals surface area contributed by atoms with Crippen LogP contribution in [0.15, 0.2) is 21.5 Å². The number of halogens is 2. The SMILES string of the molecule is CCCC(C)OC(=O)c1cc(Br)cc(S(N)(=O)=O)c1F. The number of hydrogen-bond donors (Lipinski definition) is 1. The van der Waals surface area contributed by atoms with Crippen LogP contribution < -0.4 is 5.14 Å². The fourth-order valence-corrected chi connectivity index (χ4v) is 2.89. The lowest BCUT2D eigenvalue weighted by Crippen LogP contribution is -2.19. The van der Waals surface area contributed by atoms with Crippen molar-refractivity contribution in [2.24, 2.45) is 5.14 Å². The second-order valence-electron chi connectivity index (χ2n) is 4.32. The Morgan fingerprint density at radius 2 is 2.10 bits per heavy atom. The Balaban J connectivity index is 3.19. The minimum absolute atomic E-state index is 0.220. The number of nitrogens with two attached hydrogens (primary N) is 1. The van der Waals surface area contributed by atoms with Crippen LogP contribution in [-0.4, -0.2) is 20.5 Å². The van der Waals surface area contributed by atoms with Crippen LogP contribution in [0.1, 0.15) is 37.0 Å². The summed E-state index contributed by atoms with van der Waals surface area (Å²) in [7, 11) is -4.26. The molecule has 2 N–H and O–H groups in total. The first-order valence-corrected chi connectivity index (χ1v) is 8.23. The second kappa shape index (κ2) is 6.64. The molecule has 0 spiro atoms. The maximum atomic E-state index is 14.1. The summed E-state index contributed by atoms with van der Waals surface area (Å²) in [4.78, 5) is 11.1. The minimum atomic E-state index is -4.26. The van der Waals surface area contributed by atoms with Crippen molar-refractivity contribution in [2.45, 2.75) is 37.7 Å². The normalized spacial score (nSPS) is 13.1. The molecule has 1 atom stereocenters. The van der Waals surface area contributed by atoms with E-state index in [1.165, 1.54) is 0 Å². The number of ether oxygens (including phenoxy) is 1. The Kier molecular flexibility index (Phi) is 5.67. The van der Waals surface area contributed by atoms with E-state index in [1.807, 2.05) is 6.92 Å². The molecule has 0 saturated heterocycles. The maximum Gasteiger partial charge on any atom is 0.341 e. The van der Waals surface area contributed by atoms with Crippen molar-refractivity contribution in [2.75, 3.05) is 0 Å². The van der Waals surface area contributed by atoms with Crippen LogP contribution in [0, 0.1) is 5.82 Å². The standard InChI is InChI=1S/C12H15BrFNO4S/c1-3-4-7(2)19-12(16)9-5-8(13)6-10(11(9)14)20(15,17)18/h5-7H,3-4H2,1-2H3,(H2,15,17,18). The molecular formula is C12H15BrFNO4S. The highest BCUT2D eigenvalue weighted by atomic mass is 79.9. The van der Waals surface area contributed by atoms with Crippen LogP contribution in [0.3, 0.4) is 0 Å². The predicted molar refractivity (Wildman–Crippen MR) is 75.3 cm³/mol. The molecule has 1 unspecified atom stereocenters. The van der Waals surface area contributed by atoms with Gasteiger partial charge in [-0.25, -0.2) is 22.7 Å². The predicted octanol–water partition coefficient (Wildman–Crippen LogP) is 2.58. The number of esters is 1. The molecule has 0 aromatic heterocycles. The smallest absolute Gasteiger partial charge is 0.341 e.